The number of halogens is 1. The van der Waals surface area contributed by atoms with Crippen molar-refractivity contribution in [2.45, 2.75) is 26.3 Å². The number of benzene rings is 1. The molecular weight excluding hydrogens is 274 g/mol. The van der Waals surface area contributed by atoms with Crippen LogP contribution in [0.3, 0.4) is 0 Å². The van der Waals surface area contributed by atoms with Crippen LogP contribution in [0.1, 0.15) is 37.7 Å². The lowest BCUT2D eigenvalue weighted by Gasteiger charge is -2.15. The first-order chi connectivity index (χ1) is 9.65. The van der Waals surface area contributed by atoms with Gasteiger partial charge in [-0.25, -0.2) is 9.67 Å². The van der Waals surface area contributed by atoms with E-state index in [4.69, 9.17) is 16.9 Å². The molecule has 1 aromatic heterocycles. The molecule has 6 heteroatoms. The summed E-state index contributed by atoms with van der Waals surface area (Å²) < 4.78 is 1.51. The minimum Gasteiger partial charge on any atom is -0.310 e. The summed E-state index contributed by atoms with van der Waals surface area (Å²) in [6, 6.07) is 7.94. The van der Waals surface area contributed by atoms with Crippen molar-refractivity contribution in [2.24, 2.45) is 0 Å². The van der Waals surface area contributed by atoms with E-state index in [2.05, 4.69) is 29.2 Å². The zero-order valence-corrected chi connectivity index (χ0v) is 12.2. The van der Waals surface area contributed by atoms with Gasteiger partial charge < -0.3 is 5.32 Å². The molecule has 1 N–H and O–H groups in total. The average molecular weight is 290 g/mol. The van der Waals surface area contributed by atoms with E-state index >= 15 is 0 Å². The molecule has 0 radical (unpaired) electrons. The molecule has 0 amide bonds. The summed E-state index contributed by atoms with van der Waals surface area (Å²) in [7, 11) is 0. The first-order valence-electron chi connectivity index (χ1n) is 6.50. The maximum atomic E-state index is 8.74. The Labute approximate surface area is 123 Å². The van der Waals surface area contributed by atoms with Crippen LogP contribution in [0.2, 0.25) is 5.02 Å². The van der Waals surface area contributed by atoms with E-state index < -0.39 is 0 Å². The molecular formula is C14H16ClN5. The lowest BCUT2D eigenvalue weighted by atomic mass is 10.1. The summed E-state index contributed by atoms with van der Waals surface area (Å²) in [5.74, 6) is 0.128. The zero-order chi connectivity index (χ0) is 14.5. The fourth-order valence-corrected chi connectivity index (χ4v) is 2.16. The van der Waals surface area contributed by atoms with Crippen LogP contribution < -0.4 is 5.32 Å². The maximum absolute atomic E-state index is 8.74. The predicted octanol–water partition coefficient (Wildman–Crippen LogP) is 2.85. The summed E-state index contributed by atoms with van der Waals surface area (Å²) in [6.07, 6.45) is 2.57. The van der Waals surface area contributed by atoms with Crippen LogP contribution in [0.5, 0.6) is 0 Å². The maximum Gasteiger partial charge on any atom is 0.252 e. The molecule has 0 fully saturated rings. The van der Waals surface area contributed by atoms with Gasteiger partial charge in [-0.3, -0.25) is 0 Å². The van der Waals surface area contributed by atoms with Crippen LogP contribution in [0, 0.1) is 11.3 Å². The number of hydrogen-bond acceptors (Lipinski definition) is 4. The summed E-state index contributed by atoms with van der Waals surface area (Å²) in [4.78, 5) is 3.87. The Balaban J connectivity index is 2.23. The van der Waals surface area contributed by atoms with Crippen molar-refractivity contribution < 1.29 is 0 Å². The normalized spacial score (nSPS) is 12.1. The molecule has 0 spiro atoms. The van der Waals surface area contributed by atoms with E-state index in [9.17, 15) is 0 Å². The van der Waals surface area contributed by atoms with Gasteiger partial charge in [0, 0.05) is 6.04 Å². The Morgan fingerprint density at radius 3 is 2.90 bits per heavy atom. The highest BCUT2D eigenvalue weighted by atomic mass is 35.5. The second kappa shape index (κ2) is 6.51. The Bertz CT molecular complexity index is 629. The third-order valence-corrected chi connectivity index (χ3v) is 3.31. The molecule has 1 unspecified atom stereocenters. The highest BCUT2D eigenvalue weighted by Crippen LogP contribution is 2.24. The smallest absolute Gasteiger partial charge is 0.252 e. The van der Waals surface area contributed by atoms with Gasteiger partial charge in [-0.1, -0.05) is 24.6 Å². The van der Waals surface area contributed by atoms with Gasteiger partial charge in [0.25, 0.3) is 5.82 Å². The zero-order valence-electron chi connectivity index (χ0n) is 11.5. The molecule has 2 aromatic rings. The van der Waals surface area contributed by atoms with Gasteiger partial charge in [0.05, 0.1) is 10.7 Å². The second-order valence-electron chi connectivity index (χ2n) is 4.51. The SMILES string of the molecule is CCCNC(C)c1ccc(-n2cnc(C#N)n2)c(Cl)c1. The number of nitrogens with zero attached hydrogens (tertiary/aromatic N) is 4. The first kappa shape index (κ1) is 14.5. The third-order valence-electron chi connectivity index (χ3n) is 3.01. The van der Waals surface area contributed by atoms with Crippen LogP contribution >= 0.6 is 11.6 Å². The monoisotopic (exact) mass is 289 g/mol. The van der Waals surface area contributed by atoms with Crippen molar-refractivity contribution in [3.63, 3.8) is 0 Å². The highest BCUT2D eigenvalue weighted by Gasteiger charge is 2.10. The molecule has 1 atom stereocenters. The highest BCUT2D eigenvalue weighted by molar-refractivity contribution is 6.32. The van der Waals surface area contributed by atoms with Crippen LogP contribution in [-0.2, 0) is 0 Å². The van der Waals surface area contributed by atoms with Gasteiger partial charge in [-0.05, 0) is 37.6 Å². The van der Waals surface area contributed by atoms with E-state index in [-0.39, 0.29) is 11.9 Å². The summed E-state index contributed by atoms with van der Waals surface area (Å²) in [5, 5.41) is 16.8. The van der Waals surface area contributed by atoms with Crippen LogP contribution in [0.4, 0.5) is 0 Å². The standard InChI is InChI=1S/C14H16ClN5/c1-3-6-17-10(2)11-4-5-13(12(15)7-11)20-9-18-14(8-16)19-20/h4-5,7,9-10,17H,3,6H2,1-2H3. The van der Waals surface area contributed by atoms with Gasteiger partial charge in [0.1, 0.15) is 12.4 Å². The van der Waals surface area contributed by atoms with E-state index in [0.29, 0.717) is 10.7 Å². The molecule has 2 rings (SSSR count). The Hall–Kier alpha value is -1.90. The largest absolute Gasteiger partial charge is 0.310 e. The first-order valence-corrected chi connectivity index (χ1v) is 6.88. The van der Waals surface area contributed by atoms with Crippen molar-refractivity contribution in [1.82, 2.24) is 20.1 Å². The third kappa shape index (κ3) is 3.16. The summed E-state index contributed by atoms with van der Waals surface area (Å²) in [5.41, 5.74) is 1.83. The van der Waals surface area contributed by atoms with Crippen LogP contribution in [0.15, 0.2) is 24.5 Å². The number of nitrogens with one attached hydrogen (secondary N) is 1. The van der Waals surface area contributed by atoms with Crippen molar-refractivity contribution in [2.75, 3.05) is 6.54 Å². The molecule has 0 saturated carbocycles. The number of rotatable bonds is 5. The van der Waals surface area contributed by atoms with Crippen LogP contribution in [-0.4, -0.2) is 21.3 Å². The molecule has 104 valence electrons. The summed E-state index contributed by atoms with van der Waals surface area (Å²) in [6.45, 7) is 5.20. The van der Waals surface area contributed by atoms with E-state index in [1.54, 1.807) is 0 Å². The molecule has 0 bridgehead atoms. The van der Waals surface area contributed by atoms with Gasteiger partial charge >= 0.3 is 0 Å². The fourth-order valence-electron chi connectivity index (χ4n) is 1.89. The lowest BCUT2D eigenvalue weighted by Crippen LogP contribution is -2.19. The molecule has 20 heavy (non-hydrogen) atoms. The fraction of sp³-hybridized carbons (Fsp3) is 0.357. The van der Waals surface area contributed by atoms with Crippen LogP contribution in [0.25, 0.3) is 5.69 Å². The number of hydrogen-bond donors (Lipinski definition) is 1. The Kier molecular flexibility index (Phi) is 4.72. The minimum atomic E-state index is 0.128. The van der Waals surface area contributed by atoms with Gasteiger partial charge in [0.2, 0.25) is 0 Å². The van der Waals surface area contributed by atoms with Crippen molar-refractivity contribution in [3.8, 4) is 11.8 Å². The predicted molar refractivity (Wildman–Crippen MR) is 77.8 cm³/mol. The van der Waals surface area contributed by atoms with E-state index in [0.717, 1.165) is 18.5 Å². The van der Waals surface area contributed by atoms with Gasteiger partial charge in [0.15, 0.2) is 0 Å². The van der Waals surface area contributed by atoms with Crippen molar-refractivity contribution in [3.05, 3.63) is 40.9 Å². The van der Waals surface area contributed by atoms with Crippen molar-refractivity contribution in [1.29, 1.82) is 5.26 Å². The summed E-state index contributed by atoms with van der Waals surface area (Å²) >= 11 is 6.30. The Morgan fingerprint density at radius 2 is 2.30 bits per heavy atom. The lowest BCUT2D eigenvalue weighted by molar-refractivity contribution is 0.570. The molecule has 0 aliphatic rings. The quantitative estimate of drug-likeness (QED) is 0.919. The molecule has 0 aliphatic heterocycles. The molecule has 0 saturated heterocycles. The minimum absolute atomic E-state index is 0.128. The molecule has 0 aliphatic carbocycles. The average Bonchev–Trinajstić information content (AvgIpc) is 2.93. The van der Waals surface area contributed by atoms with E-state index in [1.165, 1.54) is 11.0 Å². The van der Waals surface area contributed by atoms with E-state index in [1.807, 2.05) is 24.3 Å². The van der Waals surface area contributed by atoms with Crippen molar-refractivity contribution >= 4 is 11.6 Å². The van der Waals surface area contributed by atoms with Gasteiger partial charge in [-0.2, -0.15) is 5.26 Å². The molecule has 5 nitrogen and oxygen atoms in total. The number of aromatic nitrogens is 3. The molecule has 1 heterocycles. The Morgan fingerprint density at radius 1 is 1.50 bits per heavy atom. The molecule has 1 aromatic carbocycles. The topological polar surface area (TPSA) is 66.5 Å². The van der Waals surface area contributed by atoms with Gasteiger partial charge in [-0.15, -0.1) is 5.10 Å². The second-order valence-corrected chi connectivity index (χ2v) is 4.92. The number of nitriles is 1.